The molecule has 8 heteroatoms. The number of carbonyl (C=O) groups is 2. The standard InChI is InChI=1S/C16H18O8/c17-10-4-1-9(2-5-10)3-6-13(20)24-14-11(18)7-16(23,15(21)22)8-12(14)19/h1-6,11-12,14,17-19,23H,7-8H2,(H,21,22)/b6-3+/t11?,12?,14-,16+. The van der Waals surface area contributed by atoms with Crippen LogP contribution in [0.5, 0.6) is 5.75 Å². The van der Waals surface area contributed by atoms with Gasteiger partial charge in [-0.1, -0.05) is 12.1 Å². The van der Waals surface area contributed by atoms with Gasteiger partial charge in [0.25, 0.3) is 0 Å². The molecule has 2 rings (SSSR count). The third kappa shape index (κ3) is 4.10. The van der Waals surface area contributed by atoms with Crippen molar-refractivity contribution in [1.29, 1.82) is 0 Å². The maximum atomic E-state index is 11.8. The van der Waals surface area contributed by atoms with Gasteiger partial charge in [0.05, 0.1) is 12.2 Å². The molecule has 2 unspecified atom stereocenters. The molecule has 1 aliphatic rings. The maximum absolute atomic E-state index is 11.8. The predicted octanol–water partition coefficient (Wildman–Crippen LogP) is -0.352. The highest BCUT2D eigenvalue weighted by atomic mass is 16.6. The van der Waals surface area contributed by atoms with Crippen LogP contribution in [0.4, 0.5) is 0 Å². The number of aliphatic hydroxyl groups is 3. The molecule has 1 saturated carbocycles. The summed E-state index contributed by atoms with van der Waals surface area (Å²) in [6.45, 7) is 0. The van der Waals surface area contributed by atoms with Crippen LogP contribution < -0.4 is 0 Å². The fourth-order valence-electron chi connectivity index (χ4n) is 2.52. The lowest BCUT2D eigenvalue weighted by Crippen LogP contribution is -2.57. The third-order valence-corrected chi connectivity index (χ3v) is 3.81. The zero-order chi connectivity index (χ0) is 17.9. The van der Waals surface area contributed by atoms with Crippen LogP contribution >= 0.6 is 0 Å². The van der Waals surface area contributed by atoms with Crippen molar-refractivity contribution >= 4 is 18.0 Å². The molecule has 5 N–H and O–H groups in total. The van der Waals surface area contributed by atoms with Crippen LogP contribution in [0.2, 0.25) is 0 Å². The molecule has 0 spiro atoms. The molecular weight excluding hydrogens is 320 g/mol. The fourth-order valence-corrected chi connectivity index (χ4v) is 2.52. The number of hydrogen-bond donors (Lipinski definition) is 5. The summed E-state index contributed by atoms with van der Waals surface area (Å²) in [6.07, 6.45) is -2.98. The van der Waals surface area contributed by atoms with Crippen LogP contribution in [0.3, 0.4) is 0 Å². The zero-order valence-corrected chi connectivity index (χ0v) is 12.6. The van der Waals surface area contributed by atoms with Crippen LogP contribution in [0, 0.1) is 0 Å². The van der Waals surface area contributed by atoms with Gasteiger partial charge in [0.1, 0.15) is 5.75 Å². The minimum absolute atomic E-state index is 0.0779. The number of phenols is 1. The molecule has 1 fully saturated rings. The first-order valence-corrected chi connectivity index (χ1v) is 7.21. The van der Waals surface area contributed by atoms with Crippen molar-refractivity contribution in [2.75, 3.05) is 0 Å². The predicted molar refractivity (Wildman–Crippen MR) is 80.9 cm³/mol. The molecule has 0 heterocycles. The summed E-state index contributed by atoms with van der Waals surface area (Å²) in [5.41, 5.74) is -1.64. The number of ether oxygens (including phenoxy) is 1. The van der Waals surface area contributed by atoms with Crippen LogP contribution in [-0.4, -0.2) is 61.4 Å². The quantitative estimate of drug-likeness (QED) is 0.370. The average molecular weight is 338 g/mol. The molecule has 24 heavy (non-hydrogen) atoms. The zero-order valence-electron chi connectivity index (χ0n) is 12.6. The summed E-state index contributed by atoms with van der Waals surface area (Å²) in [5.74, 6) is -2.32. The normalized spacial score (nSPS) is 30.2. The monoisotopic (exact) mass is 338 g/mol. The molecule has 8 nitrogen and oxygen atoms in total. The van der Waals surface area contributed by atoms with E-state index in [4.69, 9.17) is 14.9 Å². The van der Waals surface area contributed by atoms with Gasteiger partial charge < -0.3 is 30.3 Å². The molecule has 2 atom stereocenters. The summed E-state index contributed by atoms with van der Waals surface area (Å²) in [4.78, 5) is 22.7. The Bertz CT molecular complexity index is 624. The van der Waals surface area contributed by atoms with Gasteiger partial charge in [-0.15, -0.1) is 0 Å². The first kappa shape index (κ1) is 17.9. The Morgan fingerprint density at radius 3 is 2.17 bits per heavy atom. The summed E-state index contributed by atoms with van der Waals surface area (Å²) in [5, 5.41) is 47.7. The maximum Gasteiger partial charge on any atom is 0.335 e. The van der Waals surface area contributed by atoms with E-state index in [1.54, 1.807) is 12.1 Å². The van der Waals surface area contributed by atoms with Gasteiger partial charge in [0, 0.05) is 18.9 Å². The smallest absolute Gasteiger partial charge is 0.335 e. The molecule has 130 valence electrons. The first-order valence-electron chi connectivity index (χ1n) is 7.21. The average Bonchev–Trinajstić information content (AvgIpc) is 2.50. The van der Waals surface area contributed by atoms with E-state index in [2.05, 4.69) is 0 Å². The second-order valence-electron chi connectivity index (χ2n) is 5.71. The van der Waals surface area contributed by atoms with E-state index in [0.29, 0.717) is 5.56 Å². The van der Waals surface area contributed by atoms with E-state index < -0.39 is 48.7 Å². The number of phenolic OH excluding ortho intramolecular Hbond substituents is 1. The van der Waals surface area contributed by atoms with Crippen LogP contribution in [0.1, 0.15) is 18.4 Å². The number of aliphatic carboxylic acids is 1. The summed E-state index contributed by atoms with van der Waals surface area (Å²) < 4.78 is 4.96. The number of hydrogen-bond acceptors (Lipinski definition) is 7. The summed E-state index contributed by atoms with van der Waals surface area (Å²) in [6, 6.07) is 6.01. The third-order valence-electron chi connectivity index (χ3n) is 3.81. The van der Waals surface area contributed by atoms with Crippen LogP contribution in [0.25, 0.3) is 6.08 Å². The Kier molecular flexibility index (Phi) is 5.23. The molecule has 0 bridgehead atoms. The highest BCUT2D eigenvalue weighted by Crippen LogP contribution is 2.31. The minimum Gasteiger partial charge on any atom is -0.508 e. The van der Waals surface area contributed by atoms with Gasteiger partial charge in [-0.05, 0) is 23.8 Å². The second-order valence-corrected chi connectivity index (χ2v) is 5.71. The molecule has 0 saturated heterocycles. The Hall–Kier alpha value is -2.42. The van der Waals surface area contributed by atoms with Crippen molar-refractivity contribution in [3.8, 4) is 5.75 Å². The van der Waals surface area contributed by atoms with Gasteiger partial charge in [-0.3, -0.25) is 0 Å². The molecule has 0 amide bonds. The van der Waals surface area contributed by atoms with Gasteiger partial charge in [0.2, 0.25) is 0 Å². The van der Waals surface area contributed by atoms with Crippen LogP contribution in [0.15, 0.2) is 30.3 Å². The van der Waals surface area contributed by atoms with E-state index in [9.17, 15) is 24.9 Å². The van der Waals surface area contributed by atoms with E-state index in [0.717, 1.165) is 6.08 Å². The van der Waals surface area contributed by atoms with Crippen molar-refractivity contribution in [3.63, 3.8) is 0 Å². The number of aromatic hydroxyl groups is 1. The second kappa shape index (κ2) is 7.00. The lowest BCUT2D eigenvalue weighted by atomic mass is 9.79. The molecule has 1 aliphatic carbocycles. The number of rotatable bonds is 4. The highest BCUT2D eigenvalue weighted by Gasteiger charge is 2.50. The Labute approximate surface area is 137 Å². The Morgan fingerprint density at radius 2 is 1.67 bits per heavy atom. The highest BCUT2D eigenvalue weighted by molar-refractivity contribution is 5.87. The van der Waals surface area contributed by atoms with Crippen molar-refractivity contribution < 1.29 is 39.9 Å². The van der Waals surface area contributed by atoms with E-state index >= 15 is 0 Å². The van der Waals surface area contributed by atoms with E-state index in [1.807, 2.05) is 0 Å². The van der Waals surface area contributed by atoms with Crippen LogP contribution in [-0.2, 0) is 14.3 Å². The molecule has 0 radical (unpaired) electrons. The Balaban J connectivity index is 1.98. The SMILES string of the molecule is O=C(/C=C/c1ccc(O)cc1)O[C@H]1C(O)C[C@](O)(C(=O)O)CC1O. The fraction of sp³-hybridized carbons (Fsp3) is 0.375. The molecule has 1 aromatic rings. The molecular formula is C16H18O8. The lowest BCUT2D eigenvalue weighted by Gasteiger charge is -2.39. The first-order chi connectivity index (χ1) is 11.2. The van der Waals surface area contributed by atoms with E-state index in [1.165, 1.54) is 18.2 Å². The Morgan fingerprint density at radius 1 is 1.12 bits per heavy atom. The number of carboxylic acids is 1. The van der Waals surface area contributed by atoms with Crippen molar-refractivity contribution in [2.24, 2.45) is 0 Å². The number of benzene rings is 1. The largest absolute Gasteiger partial charge is 0.508 e. The summed E-state index contributed by atoms with van der Waals surface area (Å²) in [7, 11) is 0. The molecule has 0 aliphatic heterocycles. The van der Waals surface area contributed by atoms with Crippen molar-refractivity contribution in [1.82, 2.24) is 0 Å². The van der Waals surface area contributed by atoms with Crippen molar-refractivity contribution in [2.45, 2.75) is 36.8 Å². The lowest BCUT2D eigenvalue weighted by molar-refractivity contribution is -0.196. The van der Waals surface area contributed by atoms with Gasteiger partial charge in [-0.25, -0.2) is 9.59 Å². The number of aliphatic hydroxyl groups excluding tert-OH is 2. The van der Waals surface area contributed by atoms with Gasteiger partial charge in [0.15, 0.2) is 11.7 Å². The number of esters is 1. The van der Waals surface area contributed by atoms with Gasteiger partial charge >= 0.3 is 11.9 Å². The summed E-state index contributed by atoms with van der Waals surface area (Å²) >= 11 is 0. The number of carbonyl (C=O) groups excluding carboxylic acids is 1. The van der Waals surface area contributed by atoms with Gasteiger partial charge in [-0.2, -0.15) is 0 Å². The topological polar surface area (TPSA) is 145 Å². The molecule has 1 aromatic carbocycles. The number of carboxylic acid groups (broad SMARTS) is 1. The molecule has 0 aromatic heterocycles. The van der Waals surface area contributed by atoms with E-state index in [-0.39, 0.29) is 5.75 Å². The minimum atomic E-state index is -2.26. The van der Waals surface area contributed by atoms with Crippen molar-refractivity contribution in [3.05, 3.63) is 35.9 Å².